The van der Waals surface area contributed by atoms with Gasteiger partial charge in [0.15, 0.2) is 5.96 Å². The van der Waals surface area contributed by atoms with E-state index in [4.69, 9.17) is 17.2 Å². The largest absolute Gasteiger partial charge is 0.481 e. The number of carbonyl (C=O) groups is 7. The van der Waals surface area contributed by atoms with Crippen molar-refractivity contribution in [2.75, 3.05) is 13.1 Å². The summed E-state index contributed by atoms with van der Waals surface area (Å²) < 4.78 is 0. The number of aromatic amines is 3. The topological polar surface area (TPSA) is 358 Å². The molecule has 0 aliphatic rings. The van der Waals surface area contributed by atoms with Crippen molar-refractivity contribution in [1.82, 2.24) is 41.5 Å². The molecule has 5 amide bonds. The number of fused-ring (bicyclic) bond motifs is 3. The molecule has 0 radical (unpaired) electrons. The van der Waals surface area contributed by atoms with Crippen LogP contribution < -0.4 is 43.8 Å². The average Bonchev–Trinajstić information content (AvgIpc) is 4.04. The van der Waals surface area contributed by atoms with Crippen molar-refractivity contribution in [3.8, 4) is 0 Å². The minimum absolute atomic E-state index is 0.0326. The number of aromatic nitrogens is 3. The number of amides is 5. The number of para-hydroxylation sites is 3. The van der Waals surface area contributed by atoms with Crippen LogP contribution in [0.3, 0.4) is 0 Å². The Labute approximate surface area is 383 Å². The number of guanidine groups is 1. The second-order valence-electron chi connectivity index (χ2n) is 16.0. The first-order valence-corrected chi connectivity index (χ1v) is 21.6. The van der Waals surface area contributed by atoms with Gasteiger partial charge in [0, 0.05) is 83.5 Å². The zero-order valence-corrected chi connectivity index (χ0v) is 36.3. The van der Waals surface area contributed by atoms with E-state index < -0.39 is 91.1 Å². The van der Waals surface area contributed by atoms with Crippen LogP contribution in [0.4, 0.5) is 0 Å². The number of H-pyrrole nitrogens is 3. The van der Waals surface area contributed by atoms with Crippen molar-refractivity contribution in [2.24, 2.45) is 22.2 Å². The van der Waals surface area contributed by atoms with E-state index in [1.54, 1.807) is 36.8 Å². The van der Waals surface area contributed by atoms with Crippen molar-refractivity contribution in [3.05, 3.63) is 108 Å². The quantitative estimate of drug-likeness (QED) is 0.0225. The fourth-order valence-corrected chi connectivity index (χ4v) is 7.76. The summed E-state index contributed by atoms with van der Waals surface area (Å²) in [5, 5.41) is 34.2. The molecule has 0 saturated heterocycles. The van der Waals surface area contributed by atoms with Crippen LogP contribution in [-0.4, -0.2) is 116 Å². The van der Waals surface area contributed by atoms with E-state index in [-0.39, 0.29) is 38.2 Å². The van der Waals surface area contributed by atoms with Crippen LogP contribution in [0.25, 0.3) is 32.7 Å². The average molecular weight is 919 g/mol. The Balaban J connectivity index is 1.28. The third kappa shape index (κ3) is 13.2. The molecule has 0 saturated carbocycles. The van der Waals surface area contributed by atoms with E-state index in [0.29, 0.717) is 23.1 Å². The molecule has 352 valence electrons. The van der Waals surface area contributed by atoms with Gasteiger partial charge in [0.2, 0.25) is 29.5 Å². The highest BCUT2D eigenvalue weighted by Crippen LogP contribution is 2.22. The summed E-state index contributed by atoms with van der Waals surface area (Å²) in [7, 11) is 0. The first-order valence-electron chi connectivity index (χ1n) is 21.6. The number of nitrogens with zero attached hydrogens (tertiary/aromatic N) is 1. The van der Waals surface area contributed by atoms with Crippen LogP contribution in [0.5, 0.6) is 0 Å². The maximum atomic E-state index is 14.6. The van der Waals surface area contributed by atoms with Gasteiger partial charge in [-0.05, 0) is 54.2 Å². The second-order valence-corrected chi connectivity index (χ2v) is 16.0. The summed E-state index contributed by atoms with van der Waals surface area (Å²) in [4.78, 5) is 107. The maximum absolute atomic E-state index is 14.6. The van der Waals surface area contributed by atoms with Gasteiger partial charge in [-0.2, -0.15) is 0 Å². The number of nitrogens with two attached hydrogens (primary N) is 3. The summed E-state index contributed by atoms with van der Waals surface area (Å²) in [5.41, 5.74) is 21.3. The smallest absolute Gasteiger partial charge is 0.322 e. The van der Waals surface area contributed by atoms with E-state index in [2.05, 4.69) is 46.5 Å². The molecule has 21 nitrogen and oxygen atoms in total. The molecule has 3 aromatic carbocycles. The van der Waals surface area contributed by atoms with Crippen molar-refractivity contribution in [2.45, 2.75) is 75.2 Å². The lowest BCUT2D eigenvalue weighted by Gasteiger charge is -2.27. The normalized spacial score (nSPS) is 13.4. The molecule has 67 heavy (non-hydrogen) atoms. The molecule has 6 rings (SSSR count). The molecule has 0 bridgehead atoms. The molecular weight excluding hydrogens is 865 g/mol. The zero-order valence-electron chi connectivity index (χ0n) is 36.3. The van der Waals surface area contributed by atoms with Crippen LogP contribution in [0.15, 0.2) is 96.4 Å². The van der Waals surface area contributed by atoms with Crippen LogP contribution in [0.2, 0.25) is 0 Å². The van der Waals surface area contributed by atoms with E-state index >= 15 is 0 Å². The molecular formula is C46H54N12O9. The Bertz CT molecular complexity index is 2770. The predicted octanol–water partition coefficient (Wildman–Crippen LogP) is 0.544. The lowest BCUT2D eigenvalue weighted by Crippen LogP contribution is -2.59. The second kappa shape index (κ2) is 22.6. The maximum Gasteiger partial charge on any atom is 0.322 e. The molecule has 16 N–H and O–H groups in total. The van der Waals surface area contributed by atoms with E-state index in [1.807, 2.05) is 54.6 Å². The van der Waals surface area contributed by atoms with Gasteiger partial charge in [-0.3, -0.25) is 38.6 Å². The summed E-state index contributed by atoms with van der Waals surface area (Å²) in [5.74, 6) is -6.82. The molecule has 0 spiro atoms. The van der Waals surface area contributed by atoms with Gasteiger partial charge < -0.3 is 68.9 Å². The molecule has 3 aromatic heterocycles. The van der Waals surface area contributed by atoms with E-state index in [1.165, 1.54) is 0 Å². The van der Waals surface area contributed by atoms with E-state index in [9.17, 15) is 43.8 Å². The fraction of sp³-hybridized carbons (Fsp3) is 0.304. The van der Waals surface area contributed by atoms with Gasteiger partial charge in [-0.25, -0.2) is 0 Å². The number of hydrogen-bond donors (Lipinski definition) is 13. The van der Waals surface area contributed by atoms with Gasteiger partial charge >= 0.3 is 11.9 Å². The molecule has 3 heterocycles. The van der Waals surface area contributed by atoms with Crippen LogP contribution >= 0.6 is 0 Å². The number of nitrogens with one attached hydrogen (secondary N) is 8. The number of carboxylic acid groups (broad SMARTS) is 2. The van der Waals surface area contributed by atoms with Gasteiger partial charge in [0.05, 0.1) is 6.04 Å². The highest BCUT2D eigenvalue weighted by molar-refractivity contribution is 5.98. The van der Waals surface area contributed by atoms with E-state index in [0.717, 1.165) is 32.7 Å². The molecule has 5 atom stereocenters. The minimum atomic E-state index is -1.57. The molecule has 0 aliphatic carbocycles. The molecule has 21 heteroatoms. The number of carboxylic acids is 2. The number of carbonyl (C=O) groups excluding carboxylic acids is 5. The molecule has 0 unspecified atom stereocenters. The van der Waals surface area contributed by atoms with Crippen molar-refractivity contribution in [3.63, 3.8) is 0 Å². The van der Waals surface area contributed by atoms with Gasteiger partial charge in [0.25, 0.3) is 0 Å². The standard InChI is InChI=1S/C46H54N12O9/c47-31(11-7-17-50-46(48)49)41(63)56-37(19-26-22-52-33-13-5-2-9-29(26)33)45(67)58-38(20-27-23-53-34-14-6-3-10-30(27)34)44(66)55-35(15-16-39(59)60)43(65)57-36(42(64)54-24-40(61)62)18-25-21-51-32-12-4-1-8-28(25)32/h1-6,8-10,12-14,21-23,31,35-38,51-53H,7,11,15-20,24,47H2,(H,54,64)(H,55,66)(H,56,63)(H,57,65)(H,58,67)(H,59,60)(H,61,62)(H4,48,49,50)/t31-,35-,36-,37-,38-/m0/s1. The zero-order chi connectivity index (χ0) is 48.0. The summed E-state index contributed by atoms with van der Waals surface area (Å²) in [6.45, 7) is -0.526. The molecule has 6 aromatic rings. The SMILES string of the molecule is NC(N)=NCCC[C@H](N)C(=O)N[C@@H](Cc1c[nH]c2ccccc12)C(=O)N[C@@H](Cc1c[nH]c2ccccc12)C(=O)N[C@@H](CCC(=O)O)C(=O)N[C@@H](Cc1c[nH]c2ccccc12)C(=O)NCC(=O)O. The lowest BCUT2D eigenvalue weighted by atomic mass is 10.0. The third-order valence-electron chi connectivity index (χ3n) is 11.2. The molecule has 0 fully saturated rings. The van der Waals surface area contributed by atoms with Gasteiger partial charge in [-0.15, -0.1) is 0 Å². The Morgan fingerprint density at radius 2 is 0.940 bits per heavy atom. The Hall–Kier alpha value is -8.20. The third-order valence-corrected chi connectivity index (χ3v) is 11.2. The predicted molar refractivity (Wildman–Crippen MR) is 249 cm³/mol. The Morgan fingerprint density at radius 1 is 0.537 bits per heavy atom. The number of aliphatic imine (C=N–C) groups is 1. The number of rotatable bonds is 24. The summed E-state index contributed by atoms with van der Waals surface area (Å²) in [6, 6.07) is 15.1. The Morgan fingerprint density at radius 3 is 1.37 bits per heavy atom. The first kappa shape index (κ1) is 48.3. The molecule has 0 aliphatic heterocycles. The van der Waals surface area contributed by atoms with Gasteiger partial charge in [-0.1, -0.05) is 54.6 Å². The fourth-order valence-electron chi connectivity index (χ4n) is 7.76. The highest BCUT2D eigenvalue weighted by Gasteiger charge is 2.33. The highest BCUT2D eigenvalue weighted by atomic mass is 16.4. The van der Waals surface area contributed by atoms with Crippen LogP contribution in [0.1, 0.15) is 42.4 Å². The minimum Gasteiger partial charge on any atom is -0.481 e. The number of aliphatic carboxylic acids is 2. The van der Waals surface area contributed by atoms with Gasteiger partial charge in [0.1, 0.15) is 30.7 Å². The Kier molecular flexibility index (Phi) is 16.3. The lowest BCUT2D eigenvalue weighted by molar-refractivity contribution is -0.138. The van der Waals surface area contributed by atoms with Crippen molar-refractivity contribution < 1.29 is 43.8 Å². The number of benzene rings is 3. The summed E-state index contributed by atoms with van der Waals surface area (Å²) >= 11 is 0. The number of hydrogen-bond acceptors (Lipinski definition) is 9. The van der Waals surface area contributed by atoms with Crippen molar-refractivity contribution >= 4 is 80.1 Å². The van der Waals surface area contributed by atoms with Crippen molar-refractivity contribution in [1.29, 1.82) is 0 Å². The van der Waals surface area contributed by atoms with Crippen LogP contribution in [-0.2, 0) is 52.8 Å². The van der Waals surface area contributed by atoms with Crippen LogP contribution in [0, 0.1) is 0 Å². The summed E-state index contributed by atoms with van der Waals surface area (Å²) in [6.07, 6.45) is 4.29. The first-order chi connectivity index (χ1) is 32.2. The monoisotopic (exact) mass is 918 g/mol.